The van der Waals surface area contributed by atoms with Gasteiger partial charge in [-0.25, -0.2) is 9.78 Å². The summed E-state index contributed by atoms with van der Waals surface area (Å²) in [4.78, 5) is 41.0. The molecule has 1 heterocycles. The van der Waals surface area contributed by atoms with Gasteiger partial charge in [-0.3, -0.25) is 9.59 Å². The number of anilines is 1. The molecular formula is C22H19ClN2O4S. The van der Waals surface area contributed by atoms with Crippen molar-refractivity contribution in [2.75, 3.05) is 5.32 Å². The number of rotatable bonds is 6. The predicted molar refractivity (Wildman–Crippen MR) is 117 cm³/mol. The minimum Gasteiger partial charge on any atom is -0.448 e. The molecule has 1 aromatic heterocycles. The minimum absolute atomic E-state index is 0.0620. The zero-order valence-corrected chi connectivity index (χ0v) is 18.1. The zero-order chi connectivity index (χ0) is 21.8. The molecule has 0 fully saturated rings. The number of carbonyl (C=O) groups is 3. The second-order valence-electron chi connectivity index (χ2n) is 6.61. The number of thiazole rings is 1. The lowest BCUT2D eigenvalue weighted by Crippen LogP contribution is -2.30. The SMILES string of the molecule is CC(=O)c1ccc(NC(=O)C(C)OC(=O)c2sc(-c3ccc(Cl)cc3)nc2C)cc1. The largest absolute Gasteiger partial charge is 0.448 e. The summed E-state index contributed by atoms with van der Waals surface area (Å²) in [5, 5.41) is 3.94. The molecule has 2 aromatic carbocycles. The summed E-state index contributed by atoms with van der Waals surface area (Å²) >= 11 is 7.10. The number of Topliss-reactive ketones (excluding diaryl/α,β-unsaturated/α-hetero) is 1. The Morgan fingerprint density at radius 3 is 2.30 bits per heavy atom. The van der Waals surface area contributed by atoms with Gasteiger partial charge in [0.05, 0.1) is 5.69 Å². The Hall–Kier alpha value is -3.03. The first-order valence-electron chi connectivity index (χ1n) is 9.11. The third-order valence-electron chi connectivity index (χ3n) is 4.29. The lowest BCUT2D eigenvalue weighted by molar-refractivity contribution is -0.123. The quantitative estimate of drug-likeness (QED) is 0.421. The van der Waals surface area contributed by atoms with Gasteiger partial charge < -0.3 is 10.1 Å². The van der Waals surface area contributed by atoms with Crippen molar-refractivity contribution in [2.45, 2.75) is 26.9 Å². The van der Waals surface area contributed by atoms with Gasteiger partial charge in [-0.2, -0.15) is 0 Å². The molecule has 0 bridgehead atoms. The van der Waals surface area contributed by atoms with Crippen molar-refractivity contribution in [3.05, 3.63) is 69.7 Å². The Morgan fingerprint density at radius 2 is 1.70 bits per heavy atom. The van der Waals surface area contributed by atoms with E-state index in [-0.39, 0.29) is 5.78 Å². The molecule has 30 heavy (non-hydrogen) atoms. The van der Waals surface area contributed by atoms with Gasteiger partial charge >= 0.3 is 5.97 Å². The molecule has 0 spiro atoms. The molecule has 0 saturated carbocycles. The van der Waals surface area contributed by atoms with Crippen LogP contribution in [-0.2, 0) is 9.53 Å². The van der Waals surface area contributed by atoms with Gasteiger partial charge in [-0.05, 0) is 57.2 Å². The molecule has 8 heteroatoms. The molecular weight excluding hydrogens is 424 g/mol. The van der Waals surface area contributed by atoms with Crippen LogP contribution in [0.25, 0.3) is 10.6 Å². The third kappa shape index (κ3) is 5.11. The summed E-state index contributed by atoms with van der Waals surface area (Å²) in [6, 6.07) is 13.6. The highest BCUT2D eigenvalue weighted by Gasteiger charge is 2.23. The van der Waals surface area contributed by atoms with E-state index in [1.54, 1.807) is 43.3 Å². The molecule has 0 radical (unpaired) electrons. The average molecular weight is 443 g/mol. The fourth-order valence-corrected chi connectivity index (χ4v) is 3.68. The zero-order valence-electron chi connectivity index (χ0n) is 16.6. The molecule has 3 rings (SSSR count). The van der Waals surface area contributed by atoms with E-state index in [9.17, 15) is 14.4 Å². The predicted octanol–water partition coefficient (Wildman–Crippen LogP) is 5.16. The maximum atomic E-state index is 12.6. The number of benzene rings is 2. The van der Waals surface area contributed by atoms with E-state index in [2.05, 4.69) is 10.3 Å². The average Bonchev–Trinajstić information content (AvgIpc) is 3.10. The summed E-state index contributed by atoms with van der Waals surface area (Å²) in [6.07, 6.45) is -1.01. The van der Waals surface area contributed by atoms with Gasteiger partial charge in [0.2, 0.25) is 0 Å². The van der Waals surface area contributed by atoms with Crippen molar-refractivity contribution >= 4 is 46.3 Å². The Morgan fingerprint density at radius 1 is 1.07 bits per heavy atom. The normalized spacial score (nSPS) is 11.6. The second kappa shape index (κ2) is 9.19. The fraction of sp³-hybridized carbons (Fsp3) is 0.182. The molecule has 1 amide bonds. The lowest BCUT2D eigenvalue weighted by atomic mass is 10.1. The summed E-state index contributed by atoms with van der Waals surface area (Å²) in [5.74, 6) is -1.15. The van der Waals surface area contributed by atoms with Crippen LogP contribution in [0.2, 0.25) is 5.02 Å². The number of hydrogen-bond acceptors (Lipinski definition) is 6. The van der Waals surface area contributed by atoms with Gasteiger partial charge in [0.1, 0.15) is 9.88 Å². The van der Waals surface area contributed by atoms with E-state index < -0.39 is 18.0 Å². The highest BCUT2D eigenvalue weighted by molar-refractivity contribution is 7.17. The highest BCUT2D eigenvalue weighted by atomic mass is 35.5. The number of ether oxygens (including phenoxy) is 1. The number of amides is 1. The number of esters is 1. The summed E-state index contributed by atoms with van der Waals surface area (Å²) < 4.78 is 5.33. The summed E-state index contributed by atoms with van der Waals surface area (Å²) in [7, 11) is 0. The first kappa shape index (κ1) is 21.7. The van der Waals surface area contributed by atoms with Gasteiger partial charge in [-0.15, -0.1) is 11.3 Å². The van der Waals surface area contributed by atoms with Crippen molar-refractivity contribution in [3.63, 3.8) is 0 Å². The maximum absolute atomic E-state index is 12.6. The van der Waals surface area contributed by atoms with E-state index in [0.29, 0.717) is 31.9 Å². The summed E-state index contributed by atoms with van der Waals surface area (Å²) in [6.45, 7) is 4.68. The number of hydrogen-bond donors (Lipinski definition) is 1. The van der Waals surface area contributed by atoms with E-state index in [1.165, 1.54) is 25.2 Å². The van der Waals surface area contributed by atoms with Crippen LogP contribution in [0.5, 0.6) is 0 Å². The lowest BCUT2D eigenvalue weighted by Gasteiger charge is -2.13. The Labute approximate surface area is 182 Å². The van der Waals surface area contributed by atoms with Crippen molar-refractivity contribution < 1.29 is 19.1 Å². The number of nitrogens with zero attached hydrogens (tertiary/aromatic N) is 1. The van der Waals surface area contributed by atoms with Crippen molar-refractivity contribution in [2.24, 2.45) is 0 Å². The molecule has 3 aromatic rings. The molecule has 154 valence electrons. The van der Waals surface area contributed by atoms with Crippen LogP contribution in [-0.4, -0.2) is 28.7 Å². The number of aryl methyl sites for hydroxylation is 1. The van der Waals surface area contributed by atoms with Crippen LogP contribution in [0.15, 0.2) is 48.5 Å². The van der Waals surface area contributed by atoms with Crippen molar-refractivity contribution in [1.82, 2.24) is 4.98 Å². The highest BCUT2D eigenvalue weighted by Crippen LogP contribution is 2.29. The number of halogens is 1. The molecule has 1 atom stereocenters. The number of carbonyl (C=O) groups excluding carboxylic acids is 3. The van der Waals surface area contributed by atoms with Gasteiger partial charge in [0.25, 0.3) is 5.91 Å². The third-order valence-corrected chi connectivity index (χ3v) is 5.72. The van der Waals surface area contributed by atoms with Gasteiger partial charge in [0.15, 0.2) is 11.9 Å². The van der Waals surface area contributed by atoms with E-state index in [0.717, 1.165) is 5.56 Å². The Balaban J connectivity index is 1.65. The van der Waals surface area contributed by atoms with E-state index in [4.69, 9.17) is 16.3 Å². The minimum atomic E-state index is -1.01. The number of ketones is 1. The topological polar surface area (TPSA) is 85.4 Å². The molecule has 1 N–H and O–H groups in total. The van der Waals surface area contributed by atoms with Crippen LogP contribution < -0.4 is 5.32 Å². The number of nitrogens with one attached hydrogen (secondary N) is 1. The molecule has 1 unspecified atom stereocenters. The molecule has 0 aliphatic carbocycles. The van der Waals surface area contributed by atoms with Crippen molar-refractivity contribution in [3.8, 4) is 10.6 Å². The molecule has 0 saturated heterocycles. The smallest absolute Gasteiger partial charge is 0.351 e. The molecule has 6 nitrogen and oxygen atoms in total. The van der Waals surface area contributed by atoms with Crippen LogP contribution in [0, 0.1) is 6.92 Å². The van der Waals surface area contributed by atoms with Gasteiger partial charge in [0, 0.05) is 21.8 Å². The first-order chi connectivity index (χ1) is 14.2. The van der Waals surface area contributed by atoms with Crippen molar-refractivity contribution in [1.29, 1.82) is 0 Å². The Bertz CT molecular complexity index is 1090. The Kier molecular flexibility index (Phi) is 6.64. The fourth-order valence-electron chi connectivity index (χ4n) is 2.60. The summed E-state index contributed by atoms with van der Waals surface area (Å²) in [5.41, 5.74) is 2.42. The van der Waals surface area contributed by atoms with Crippen LogP contribution in [0.1, 0.15) is 39.6 Å². The molecule has 0 aliphatic heterocycles. The first-order valence-corrected chi connectivity index (χ1v) is 10.3. The van der Waals surface area contributed by atoms with E-state index in [1.807, 2.05) is 12.1 Å². The van der Waals surface area contributed by atoms with Crippen LogP contribution >= 0.6 is 22.9 Å². The van der Waals surface area contributed by atoms with Gasteiger partial charge in [-0.1, -0.05) is 23.7 Å². The van der Waals surface area contributed by atoms with E-state index >= 15 is 0 Å². The second-order valence-corrected chi connectivity index (χ2v) is 8.05. The standard InChI is InChI=1S/C22H19ClN2O4S/c1-12-19(30-21(24-12)16-4-8-17(23)9-5-16)22(28)29-14(3)20(27)25-18-10-6-15(7-11-18)13(2)26/h4-11,14H,1-3H3,(H,25,27). The maximum Gasteiger partial charge on any atom is 0.351 e. The molecule has 0 aliphatic rings. The van der Waals surface area contributed by atoms with Crippen LogP contribution in [0.3, 0.4) is 0 Å². The number of aromatic nitrogens is 1. The van der Waals surface area contributed by atoms with Crippen LogP contribution in [0.4, 0.5) is 5.69 Å². The monoisotopic (exact) mass is 442 g/mol.